The number of carbonyl (C=O) groups is 2. The highest BCUT2D eigenvalue weighted by Crippen LogP contribution is 2.25. The Hall–Kier alpha value is -2.06. The number of nitrogens with zero attached hydrogens (tertiary/aromatic N) is 3. The minimum absolute atomic E-state index is 0.117. The molecule has 0 bridgehead atoms. The Morgan fingerprint density at radius 2 is 2.04 bits per heavy atom. The van der Waals surface area contributed by atoms with Crippen LogP contribution >= 0.6 is 23.4 Å². The maximum atomic E-state index is 12.4. The normalized spacial score (nSPS) is 17.5. The van der Waals surface area contributed by atoms with Crippen LogP contribution in [-0.4, -0.2) is 45.3 Å². The van der Waals surface area contributed by atoms with Crippen LogP contribution in [0, 0.1) is 0 Å². The zero-order valence-corrected chi connectivity index (χ0v) is 14.9. The van der Waals surface area contributed by atoms with Gasteiger partial charge in [0, 0.05) is 17.1 Å². The first kappa shape index (κ1) is 17.8. The summed E-state index contributed by atoms with van der Waals surface area (Å²) < 4.78 is 5.56. The lowest BCUT2D eigenvalue weighted by atomic mass is 10.0. The molecule has 9 heteroatoms. The van der Waals surface area contributed by atoms with Crippen molar-refractivity contribution in [2.45, 2.75) is 30.5 Å². The highest BCUT2D eigenvalue weighted by atomic mass is 35.5. The van der Waals surface area contributed by atoms with E-state index in [4.69, 9.17) is 21.8 Å². The number of likely N-dealkylation sites (tertiary alicyclic amines) is 1. The van der Waals surface area contributed by atoms with E-state index in [2.05, 4.69) is 10.2 Å². The number of amides is 2. The predicted molar refractivity (Wildman–Crippen MR) is 94.0 cm³/mol. The molecule has 0 unspecified atom stereocenters. The van der Waals surface area contributed by atoms with Crippen molar-refractivity contribution in [2.24, 2.45) is 5.73 Å². The van der Waals surface area contributed by atoms with Crippen LogP contribution in [0.4, 0.5) is 0 Å². The predicted octanol–water partition coefficient (Wildman–Crippen LogP) is 2.35. The molecule has 1 aromatic carbocycles. The minimum atomic E-state index is -0.519. The van der Waals surface area contributed by atoms with E-state index in [1.807, 2.05) is 0 Å². The van der Waals surface area contributed by atoms with Gasteiger partial charge in [-0.05, 0) is 43.5 Å². The Morgan fingerprint density at radius 1 is 1.28 bits per heavy atom. The van der Waals surface area contributed by atoms with Gasteiger partial charge >= 0.3 is 0 Å². The monoisotopic (exact) mass is 380 g/mol. The molecule has 1 aliphatic heterocycles. The lowest BCUT2D eigenvalue weighted by Crippen LogP contribution is -2.51. The summed E-state index contributed by atoms with van der Waals surface area (Å²) in [4.78, 5) is 25.4. The molecular weight excluding hydrogens is 364 g/mol. The van der Waals surface area contributed by atoms with Crippen molar-refractivity contribution in [3.05, 3.63) is 29.3 Å². The maximum absolute atomic E-state index is 12.4. The number of rotatable bonds is 5. The summed E-state index contributed by atoms with van der Waals surface area (Å²) in [5, 5.41) is 8.82. The Balaban J connectivity index is 1.61. The largest absolute Gasteiger partial charge is 0.411 e. The van der Waals surface area contributed by atoms with Crippen molar-refractivity contribution in [3.8, 4) is 11.5 Å². The van der Waals surface area contributed by atoms with Crippen LogP contribution in [0.1, 0.15) is 19.3 Å². The van der Waals surface area contributed by atoms with E-state index in [0.29, 0.717) is 29.1 Å². The number of carbonyl (C=O) groups excluding carboxylic acids is 2. The molecule has 1 aliphatic rings. The van der Waals surface area contributed by atoms with Crippen molar-refractivity contribution < 1.29 is 14.0 Å². The van der Waals surface area contributed by atoms with Crippen LogP contribution in [0.3, 0.4) is 0 Å². The van der Waals surface area contributed by atoms with Gasteiger partial charge in [-0.25, -0.2) is 0 Å². The molecule has 0 aliphatic carbocycles. The van der Waals surface area contributed by atoms with Crippen molar-refractivity contribution in [1.82, 2.24) is 15.1 Å². The standard InChI is InChI=1S/C16H17ClN4O3S/c17-11-6-4-10(5-7-11)15-19-20-16(24-15)25-9-13(22)21-8-2-1-3-12(21)14(18)23/h4-7,12H,1-3,8-9H2,(H2,18,23)/t12-/m0/s1. The number of primary amides is 1. The molecule has 2 amide bonds. The molecule has 0 spiro atoms. The van der Waals surface area contributed by atoms with Gasteiger partial charge in [0.25, 0.3) is 5.22 Å². The number of thioether (sulfide) groups is 1. The third-order valence-corrected chi connectivity index (χ3v) is 5.02. The lowest BCUT2D eigenvalue weighted by molar-refractivity contribution is -0.138. The van der Waals surface area contributed by atoms with E-state index in [9.17, 15) is 9.59 Å². The summed E-state index contributed by atoms with van der Waals surface area (Å²) in [6.45, 7) is 0.548. The molecule has 1 atom stereocenters. The summed E-state index contributed by atoms with van der Waals surface area (Å²) in [6, 6.07) is 6.51. The highest BCUT2D eigenvalue weighted by molar-refractivity contribution is 7.99. The third-order valence-electron chi connectivity index (χ3n) is 3.97. The zero-order valence-electron chi connectivity index (χ0n) is 13.4. The number of aromatic nitrogens is 2. The Labute approximate surface area is 153 Å². The molecule has 7 nitrogen and oxygen atoms in total. The SMILES string of the molecule is NC(=O)[C@@H]1CCCCN1C(=O)CSc1nnc(-c2ccc(Cl)cc2)o1. The van der Waals surface area contributed by atoms with Gasteiger partial charge in [0.05, 0.1) is 5.75 Å². The summed E-state index contributed by atoms with van der Waals surface area (Å²) in [5.74, 6) is -0.133. The summed E-state index contributed by atoms with van der Waals surface area (Å²) in [5.41, 5.74) is 6.14. The molecule has 1 saturated heterocycles. The minimum Gasteiger partial charge on any atom is -0.411 e. The number of benzene rings is 1. The van der Waals surface area contributed by atoms with Crippen LogP contribution in [0.25, 0.3) is 11.5 Å². The Bertz CT molecular complexity index is 765. The smallest absolute Gasteiger partial charge is 0.277 e. The number of hydrogen-bond donors (Lipinski definition) is 1. The lowest BCUT2D eigenvalue weighted by Gasteiger charge is -2.33. The second-order valence-corrected chi connectivity index (χ2v) is 7.03. The van der Waals surface area contributed by atoms with Crippen LogP contribution in [0.15, 0.2) is 33.9 Å². The van der Waals surface area contributed by atoms with E-state index >= 15 is 0 Å². The fourth-order valence-electron chi connectivity index (χ4n) is 2.71. The number of nitrogens with two attached hydrogens (primary N) is 1. The first-order valence-electron chi connectivity index (χ1n) is 7.85. The molecule has 0 radical (unpaired) electrons. The molecular formula is C16H17ClN4O3S. The molecule has 3 rings (SSSR count). The van der Waals surface area contributed by atoms with Crippen molar-refractivity contribution in [3.63, 3.8) is 0 Å². The topological polar surface area (TPSA) is 102 Å². The third kappa shape index (κ3) is 4.32. The van der Waals surface area contributed by atoms with E-state index in [0.717, 1.165) is 30.2 Å². The van der Waals surface area contributed by atoms with Gasteiger partial charge in [-0.2, -0.15) is 0 Å². The molecule has 25 heavy (non-hydrogen) atoms. The van der Waals surface area contributed by atoms with E-state index in [-0.39, 0.29) is 11.7 Å². The molecule has 2 heterocycles. The fraction of sp³-hybridized carbons (Fsp3) is 0.375. The van der Waals surface area contributed by atoms with Gasteiger partial charge in [0.1, 0.15) is 6.04 Å². The van der Waals surface area contributed by atoms with Crippen LogP contribution in [-0.2, 0) is 9.59 Å². The number of halogens is 1. The maximum Gasteiger partial charge on any atom is 0.277 e. The van der Waals surface area contributed by atoms with Gasteiger partial charge in [-0.3, -0.25) is 9.59 Å². The van der Waals surface area contributed by atoms with Crippen molar-refractivity contribution in [1.29, 1.82) is 0 Å². The number of hydrogen-bond acceptors (Lipinski definition) is 6. The Kier molecular flexibility index (Phi) is 5.60. The van der Waals surface area contributed by atoms with Gasteiger partial charge in [0.2, 0.25) is 17.7 Å². The fourth-order valence-corrected chi connectivity index (χ4v) is 3.48. The van der Waals surface area contributed by atoms with Gasteiger partial charge in [-0.15, -0.1) is 10.2 Å². The first-order valence-corrected chi connectivity index (χ1v) is 9.22. The summed E-state index contributed by atoms with van der Waals surface area (Å²) in [6.07, 6.45) is 2.40. The van der Waals surface area contributed by atoms with Gasteiger partial charge in [-0.1, -0.05) is 23.4 Å². The van der Waals surface area contributed by atoms with E-state index in [1.54, 1.807) is 29.2 Å². The van der Waals surface area contributed by atoms with Gasteiger partial charge < -0.3 is 15.1 Å². The Morgan fingerprint density at radius 3 is 2.76 bits per heavy atom. The molecule has 132 valence electrons. The quantitative estimate of drug-likeness (QED) is 0.799. The van der Waals surface area contributed by atoms with Gasteiger partial charge in [0.15, 0.2) is 0 Å². The van der Waals surface area contributed by atoms with E-state index in [1.165, 1.54) is 0 Å². The molecule has 2 aromatic rings. The summed E-state index contributed by atoms with van der Waals surface area (Å²) >= 11 is 7.00. The average Bonchev–Trinajstić information content (AvgIpc) is 3.09. The van der Waals surface area contributed by atoms with Crippen molar-refractivity contribution in [2.75, 3.05) is 12.3 Å². The number of piperidine rings is 1. The van der Waals surface area contributed by atoms with Crippen LogP contribution in [0.2, 0.25) is 5.02 Å². The molecule has 1 fully saturated rings. The van der Waals surface area contributed by atoms with E-state index < -0.39 is 11.9 Å². The average molecular weight is 381 g/mol. The first-order chi connectivity index (χ1) is 12.0. The van der Waals surface area contributed by atoms with Crippen LogP contribution in [0.5, 0.6) is 0 Å². The second kappa shape index (κ2) is 7.88. The van der Waals surface area contributed by atoms with Crippen LogP contribution < -0.4 is 5.73 Å². The molecule has 0 saturated carbocycles. The highest BCUT2D eigenvalue weighted by Gasteiger charge is 2.30. The van der Waals surface area contributed by atoms with Crippen molar-refractivity contribution >= 4 is 35.2 Å². The summed E-state index contributed by atoms with van der Waals surface area (Å²) in [7, 11) is 0. The molecule has 1 aromatic heterocycles. The zero-order chi connectivity index (χ0) is 17.8. The molecule has 2 N–H and O–H groups in total. The second-order valence-electron chi connectivity index (χ2n) is 5.67.